The second-order valence-electron chi connectivity index (χ2n) is 10.9. The normalized spacial score (nSPS) is 19.0. The molecule has 2 N–H and O–H groups in total. The van der Waals surface area contributed by atoms with E-state index in [-0.39, 0.29) is 6.04 Å². The first-order valence-electron chi connectivity index (χ1n) is 14.6. The van der Waals surface area contributed by atoms with E-state index in [1.165, 1.54) is 30.7 Å². The number of anilines is 2. The highest BCUT2D eigenvalue weighted by Crippen LogP contribution is 2.33. The van der Waals surface area contributed by atoms with Crippen molar-refractivity contribution in [2.24, 2.45) is 5.10 Å². The average molecular weight is 563 g/mol. The van der Waals surface area contributed by atoms with Gasteiger partial charge in [0.25, 0.3) is 0 Å². The molecule has 5 nitrogen and oxygen atoms in total. The Hall–Kier alpha value is -3.65. The van der Waals surface area contributed by atoms with Crippen LogP contribution in [0.5, 0.6) is 0 Å². The van der Waals surface area contributed by atoms with Gasteiger partial charge in [-0.15, -0.1) is 0 Å². The lowest BCUT2D eigenvalue weighted by molar-refractivity contribution is -0.117. The van der Waals surface area contributed by atoms with Gasteiger partial charge in [0.1, 0.15) is 11.8 Å². The molecule has 0 aromatic heterocycles. The van der Waals surface area contributed by atoms with Crippen LogP contribution in [0.2, 0.25) is 0 Å². The molecule has 2 atom stereocenters. The van der Waals surface area contributed by atoms with E-state index in [2.05, 4.69) is 27.9 Å². The first kappa shape index (κ1) is 28.9. The van der Waals surface area contributed by atoms with Crippen molar-refractivity contribution >= 4 is 23.0 Å². The van der Waals surface area contributed by atoms with Crippen molar-refractivity contribution in [1.82, 2.24) is 5.32 Å². The van der Waals surface area contributed by atoms with E-state index >= 15 is 0 Å². The lowest BCUT2D eigenvalue weighted by Crippen LogP contribution is -2.39. The molecule has 0 spiro atoms. The van der Waals surface area contributed by atoms with Crippen LogP contribution >= 0.6 is 0 Å². The second kappa shape index (κ2) is 12.9. The van der Waals surface area contributed by atoms with E-state index in [1.807, 2.05) is 49.4 Å². The summed E-state index contributed by atoms with van der Waals surface area (Å²) in [5.74, 6) is -0.528. The van der Waals surface area contributed by atoms with Gasteiger partial charge < -0.3 is 10.6 Å². The Bertz CT molecular complexity index is 1350. The summed E-state index contributed by atoms with van der Waals surface area (Å²) < 4.78 is 41.1. The molecule has 41 heavy (non-hydrogen) atoms. The van der Waals surface area contributed by atoms with Gasteiger partial charge in [-0.25, -0.2) is 0 Å². The van der Waals surface area contributed by atoms with E-state index in [4.69, 9.17) is 0 Å². The van der Waals surface area contributed by atoms with Crippen molar-refractivity contribution in [2.45, 2.75) is 82.6 Å². The van der Waals surface area contributed by atoms with Gasteiger partial charge in [0.2, 0.25) is 5.91 Å². The molecule has 0 saturated heterocycles. The van der Waals surface area contributed by atoms with Gasteiger partial charge in [-0.2, -0.15) is 18.3 Å². The molecule has 8 heteroatoms. The fourth-order valence-electron chi connectivity index (χ4n) is 5.78. The Balaban J connectivity index is 1.39. The maximum atomic E-state index is 13.7. The van der Waals surface area contributed by atoms with Crippen LogP contribution in [-0.2, 0) is 11.2 Å². The molecule has 0 radical (unpaired) electrons. The van der Waals surface area contributed by atoms with Crippen LogP contribution in [0.1, 0.15) is 74.6 Å². The van der Waals surface area contributed by atoms with E-state index in [1.54, 1.807) is 24.3 Å². The molecule has 5 rings (SSSR count). The van der Waals surface area contributed by atoms with Crippen molar-refractivity contribution in [1.29, 1.82) is 0 Å². The van der Waals surface area contributed by atoms with Crippen LogP contribution in [0.15, 0.2) is 84.0 Å². The predicted molar refractivity (Wildman–Crippen MR) is 158 cm³/mol. The van der Waals surface area contributed by atoms with Gasteiger partial charge in [-0.1, -0.05) is 87.2 Å². The summed E-state index contributed by atoms with van der Waals surface area (Å²) in [5, 5.41) is 11.8. The third kappa shape index (κ3) is 7.17. The number of nitrogens with zero attached hydrogens (tertiary/aromatic N) is 2. The molecule has 1 aliphatic heterocycles. The summed E-state index contributed by atoms with van der Waals surface area (Å²) in [6, 6.07) is 24.2. The van der Waals surface area contributed by atoms with Crippen LogP contribution in [0, 0.1) is 0 Å². The number of benzene rings is 3. The van der Waals surface area contributed by atoms with Crippen LogP contribution in [0.3, 0.4) is 0 Å². The van der Waals surface area contributed by atoms with Crippen LogP contribution in [0.25, 0.3) is 0 Å². The monoisotopic (exact) mass is 562 g/mol. The first-order chi connectivity index (χ1) is 19.8. The molecule has 1 amide bonds. The SMILES string of the molecule is CCc1cccc(N2N=C(C(F)(F)F)CC2C(=O)Nc2cccc(C(NC3CCCCCC3)c3ccccc3)c2)c1. The minimum Gasteiger partial charge on any atom is -0.324 e. The molecule has 1 saturated carbocycles. The fraction of sp³-hybridized carbons (Fsp3) is 0.394. The van der Waals surface area contributed by atoms with Gasteiger partial charge in [0, 0.05) is 18.2 Å². The molecule has 2 aliphatic rings. The first-order valence-corrected chi connectivity index (χ1v) is 14.6. The number of hydrogen-bond donors (Lipinski definition) is 2. The summed E-state index contributed by atoms with van der Waals surface area (Å²) in [6.45, 7) is 1.97. The third-order valence-corrected chi connectivity index (χ3v) is 8.00. The average Bonchev–Trinajstić information content (AvgIpc) is 3.29. The molecule has 3 aromatic rings. The van der Waals surface area contributed by atoms with Crippen LogP contribution in [0.4, 0.5) is 24.5 Å². The predicted octanol–water partition coefficient (Wildman–Crippen LogP) is 7.79. The highest BCUT2D eigenvalue weighted by Gasteiger charge is 2.45. The molecule has 3 aromatic carbocycles. The highest BCUT2D eigenvalue weighted by atomic mass is 19.4. The van der Waals surface area contributed by atoms with Crippen LogP contribution in [-0.4, -0.2) is 29.9 Å². The van der Waals surface area contributed by atoms with E-state index in [0.717, 1.165) is 36.0 Å². The van der Waals surface area contributed by atoms with E-state index in [9.17, 15) is 18.0 Å². The smallest absolute Gasteiger partial charge is 0.324 e. The minimum atomic E-state index is -4.61. The maximum Gasteiger partial charge on any atom is 0.431 e. The Kier molecular flexibility index (Phi) is 9.08. The number of halogens is 3. The number of carbonyl (C=O) groups is 1. The number of rotatable bonds is 8. The van der Waals surface area contributed by atoms with Crippen molar-refractivity contribution < 1.29 is 18.0 Å². The number of nitrogens with one attached hydrogen (secondary N) is 2. The van der Waals surface area contributed by atoms with Crippen molar-refractivity contribution in [3.8, 4) is 0 Å². The Morgan fingerprint density at radius 1 is 0.927 bits per heavy atom. The quantitative estimate of drug-likeness (QED) is 0.276. The lowest BCUT2D eigenvalue weighted by atomic mass is 9.96. The summed E-state index contributed by atoms with van der Waals surface area (Å²) in [6.07, 6.45) is 2.78. The number of hydrogen-bond acceptors (Lipinski definition) is 4. The topological polar surface area (TPSA) is 56.7 Å². The summed E-state index contributed by atoms with van der Waals surface area (Å²) in [5.41, 5.74) is 3.13. The van der Waals surface area contributed by atoms with E-state index in [0.29, 0.717) is 17.4 Å². The maximum absolute atomic E-state index is 13.7. The number of aryl methyl sites for hydroxylation is 1. The zero-order valence-electron chi connectivity index (χ0n) is 23.3. The molecule has 1 heterocycles. The lowest BCUT2D eigenvalue weighted by Gasteiger charge is -2.27. The molecule has 2 unspecified atom stereocenters. The van der Waals surface area contributed by atoms with Gasteiger partial charge in [0.15, 0.2) is 0 Å². The third-order valence-electron chi connectivity index (χ3n) is 8.00. The zero-order valence-corrected chi connectivity index (χ0v) is 23.3. The minimum absolute atomic E-state index is 0.0731. The Morgan fingerprint density at radius 3 is 2.34 bits per heavy atom. The van der Waals surface area contributed by atoms with Gasteiger partial charge in [-0.05, 0) is 60.2 Å². The van der Waals surface area contributed by atoms with Gasteiger partial charge in [0.05, 0.1) is 11.7 Å². The Labute approximate surface area is 239 Å². The molecular formula is C33H37F3N4O. The summed E-state index contributed by atoms with van der Waals surface area (Å²) in [4.78, 5) is 13.5. The number of alkyl halides is 3. The van der Waals surface area contributed by atoms with Gasteiger partial charge in [-0.3, -0.25) is 9.80 Å². The number of carbonyl (C=O) groups excluding carboxylic acids is 1. The zero-order chi connectivity index (χ0) is 28.8. The molecule has 1 aliphatic carbocycles. The van der Waals surface area contributed by atoms with E-state index < -0.39 is 30.3 Å². The molecule has 1 fully saturated rings. The fourth-order valence-corrected chi connectivity index (χ4v) is 5.78. The molecular weight excluding hydrogens is 525 g/mol. The van der Waals surface area contributed by atoms with Gasteiger partial charge >= 0.3 is 6.18 Å². The van der Waals surface area contributed by atoms with Crippen molar-refractivity contribution in [3.63, 3.8) is 0 Å². The standard InChI is InChI=1S/C33H37F3N4O/c1-2-23-12-10-19-28(20-23)40-29(22-30(39-40)33(34,35)36)32(41)38-27-18-11-15-25(21-27)31(24-13-6-5-7-14-24)37-26-16-8-3-4-9-17-26/h5-7,10-15,18-21,26,29,31,37H,2-4,8-9,16-17,22H2,1H3,(H,38,41). The second-order valence-corrected chi connectivity index (χ2v) is 10.9. The molecule has 216 valence electrons. The Morgan fingerprint density at radius 2 is 1.63 bits per heavy atom. The number of amides is 1. The summed E-state index contributed by atoms with van der Waals surface area (Å²) >= 11 is 0. The van der Waals surface area contributed by atoms with Crippen molar-refractivity contribution in [2.75, 3.05) is 10.3 Å². The summed E-state index contributed by atoms with van der Waals surface area (Å²) in [7, 11) is 0. The van der Waals surface area contributed by atoms with Crippen molar-refractivity contribution in [3.05, 3.63) is 95.6 Å². The largest absolute Gasteiger partial charge is 0.431 e. The molecule has 0 bridgehead atoms. The number of hydrazone groups is 1. The highest BCUT2D eigenvalue weighted by molar-refractivity contribution is 6.04. The van der Waals surface area contributed by atoms with Crippen LogP contribution < -0.4 is 15.6 Å².